The van der Waals surface area contributed by atoms with E-state index in [1.807, 2.05) is 12.1 Å². The molecule has 2 heterocycles. The van der Waals surface area contributed by atoms with Crippen molar-refractivity contribution >= 4 is 11.9 Å². The molecule has 0 bridgehead atoms. The van der Waals surface area contributed by atoms with Gasteiger partial charge in [-0.15, -0.1) is 0 Å². The monoisotopic (exact) mass is 409 g/mol. The van der Waals surface area contributed by atoms with Crippen molar-refractivity contribution in [3.63, 3.8) is 0 Å². The van der Waals surface area contributed by atoms with Crippen LogP contribution < -0.4 is 9.47 Å². The van der Waals surface area contributed by atoms with Gasteiger partial charge in [-0.3, -0.25) is 9.59 Å². The molecule has 0 unspecified atom stereocenters. The van der Waals surface area contributed by atoms with E-state index in [1.165, 1.54) is 5.56 Å². The number of fused-ring (bicyclic) bond motifs is 1. The first kappa shape index (κ1) is 20.3. The van der Waals surface area contributed by atoms with Crippen LogP contribution in [0, 0.1) is 5.92 Å². The Morgan fingerprint density at radius 1 is 0.933 bits per heavy atom. The van der Waals surface area contributed by atoms with Crippen molar-refractivity contribution in [3.05, 3.63) is 59.7 Å². The minimum absolute atomic E-state index is 0.100. The van der Waals surface area contributed by atoms with Gasteiger partial charge in [-0.2, -0.15) is 0 Å². The summed E-state index contributed by atoms with van der Waals surface area (Å²) in [6, 6.07) is 15.9. The average Bonchev–Trinajstić information content (AvgIpc) is 2.78. The standard InChI is InChI=1S/C24H27NO5/c26-23(25-10-8-19(9-11-25)14-18-4-2-1-3-5-18)17-30-24(27)16-20-6-7-21-22(15-20)29-13-12-28-21/h1-7,15,19H,8-14,16-17H2. The molecule has 0 N–H and O–H groups in total. The SMILES string of the molecule is O=C(Cc1ccc2c(c1)OCCO2)OCC(=O)N1CCC(Cc2ccccc2)CC1. The maximum Gasteiger partial charge on any atom is 0.310 e. The summed E-state index contributed by atoms with van der Waals surface area (Å²) < 4.78 is 16.2. The van der Waals surface area contributed by atoms with Crippen LogP contribution >= 0.6 is 0 Å². The van der Waals surface area contributed by atoms with Crippen LogP contribution in [0.15, 0.2) is 48.5 Å². The highest BCUT2D eigenvalue weighted by Gasteiger charge is 2.24. The number of carbonyl (C=O) groups excluding carboxylic acids is 2. The van der Waals surface area contributed by atoms with E-state index >= 15 is 0 Å². The van der Waals surface area contributed by atoms with Crippen molar-refractivity contribution in [1.29, 1.82) is 0 Å². The summed E-state index contributed by atoms with van der Waals surface area (Å²) >= 11 is 0. The summed E-state index contributed by atoms with van der Waals surface area (Å²) in [5.74, 6) is 1.38. The van der Waals surface area contributed by atoms with Crippen molar-refractivity contribution in [2.45, 2.75) is 25.7 Å². The molecule has 1 amide bonds. The van der Waals surface area contributed by atoms with Gasteiger partial charge in [0.1, 0.15) is 13.2 Å². The zero-order valence-corrected chi connectivity index (χ0v) is 17.0. The molecule has 2 aromatic rings. The number of piperidine rings is 1. The van der Waals surface area contributed by atoms with Crippen LogP contribution in [0.4, 0.5) is 0 Å². The number of esters is 1. The van der Waals surface area contributed by atoms with E-state index in [0.29, 0.717) is 30.6 Å². The maximum atomic E-state index is 12.4. The fourth-order valence-electron chi connectivity index (χ4n) is 3.98. The van der Waals surface area contributed by atoms with Gasteiger partial charge in [0.2, 0.25) is 0 Å². The third kappa shape index (κ3) is 5.32. The number of rotatable bonds is 6. The molecule has 1 saturated heterocycles. The molecule has 2 aliphatic rings. The fourth-order valence-corrected chi connectivity index (χ4v) is 3.98. The molecule has 0 atom stereocenters. The highest BCUT2D eigenvalue weighted by molar-refractivity contribution is 5.81. The van der Waals surface area contributed by atoms with Crippen LogP contribution in [-0.4, -0.2) is 49.7 Å². The third-order valence-electron chi connectivity index (χ3n) is 5.65. The zero-order chi connectivity index (χ0) is 20.8. The van der Waals surface area contributed by atoms with Gasteiger partial charge in [0.15, 0.2) is 18.1 Å². The van der Waals surface area contributed by atoms with Gasteiger partial charge in [0.25, 0.3) is 5.91 Å². The van der Waals surface area contributed by atoms with Crippen molar-refractivity contribution in [2.24, 2.45) is 5.92 Å². The first-order valence-electron chi connectivity index (χ1n) is 10.5. The lowest BCUT2D eigenvalue weighted by atomic mass is 9.90. The number of benzene rings is 2. The Bertz CT molecular complexity index is 874. The fraction of sp³-hybridized carbons (Fsp3) is 0.417. The zero-order valence-electron chi connectivity index (χ0n) is 17.0. The number of hydrogen-bond donors (Lipinski definition) is 0. The molecule has 2 aliphatic heterocycles. The summed E-state index contributed by atoms with van der Waals surface area (Å²) in [6.07, 6.45) is 3.11. The van der Waals surface area contributed by atoms with Gasteiger partial charge < -0.3 is 19.1 Å². The van der Waals surface area contributed by atoms with Crippen LogP contribution in [0.2, 0.25) is 0 Å². The van der Waals surface area contributed by atoms with Gasteiger partial charge in [-0.25, -0.2) is 0 Å². The molecule has 158 valence electrons. The van der Waals surface area contributed by atoms with E-state index in [9.17, 15) is 9.59 Å². The first-order valence-corrected chi connectivity index (χ1v) is 10.5. The summed E-state index contributed by atoms with van der Waals surface area (Å²) in [6.45, 7) is 2.26. The van der Waals surface area contributed by atoms with Gasteiger partial charge >= 0.3 is 5.97 Å². The van der Waals surface area contributed by atoms with Gasteiger partial charge in [-0.1, -0.05) is 36.4 Å². The Balaban J connectivity index is 1.19. The number of nitrogens with zero attached hydrogens (tertiary/aromatic N) is 1. The number of ether oxygens (including phenoxy) is 3. The molecule has 2 aromatic carbocycles. The molecular formula is C24H27NO5. The molecule has 6 nitrogen and oxygen atoms in total. The lowest BCUT2D eigenvalue weighted by Crippen LogP contribution is -2.41. The van der Waals surface area contributed by atoms with Crippen LogP contribution in [0.25, 0.3) is 0 Å². The van der Waals surface area contributed by atoms with Gasteiger partial charge in [0, 0.05) is 13.1 Å². The highest BCUT2D eigenvalue weighted by atomic mass is 16.6. The number of likely N-dealkylation sites (tertiary alicyclic amines) is 1. The van der Waals surface area contributed by atoms with Crippen LogP contribution in [-0.2, 0) is 27.2 Å². The second kappa shape index (κ2) is 9.65. The van der Waals surface area contributed by atoms with Gasteiger partial charge in [-0.05, 0) is 48.4 Å². The minimum Gasteiger partial charge on any atom is -0.486 e. The molecule has 30 heavy (non-hydrogen) atoms. The largest absolute Gasteiger partial charge is 0.486 e. The third-order valence-corrected chi connectivity index (χ3v) is 5.65. The molecule has 0 spiro atoms. The van der Waals surface area contributed by atoms with E-state index in [1.54, 1.807) is 17.0 Å². The second-order valence-electron chi connectivity index (χ2n) is 7.83. The molecule has 1 fully saturated rings. The summed E-state index contributed by atoms with van der Waals surface area (Å²) in [5.41, 5.74) is 2.12. The van der Waals surface area contributed by atoms with E-state index in [-0.39, 0.29) is 18.9 Å². The number of amides is 1. The van der Waals surface area contributed by atoms with Crippen molar-refractivity contribution in [2.75, 3.05) is 32.9 Å². The Hall–Kier alpha value is -3.02. The van der Waals surface area contributed by atoms with E-state index in [0.717, 1.165) is 37.9 Å². The van der Waals surface area contributed by atoms with Crippen molar-refractivity contribution in [3.8, 4) is 11.5 Å². The second-order valence-corrected chi connectivity index (χ2v) is 7.83. The van der Waals surface area contributed by atoms with Gasteiger partial charge in [0.05, 0.1) is 6.42 Å². The van der Waals surface area contributed by atoms with E-state index in [4.69, 9.17) is 14.2 Å². The highest BCUT2D eigenvalue weighted by Crippen LogP contribution is 2.31. The van der Waals surface area contributed by atoms with E-state index < -0.39 is 5.97 Å². The van der Waals surface area contributed by atoms with Crippen molar-refractivity contribution < 1.29 is 23.8 Å². The van der Waals surface area contributed by atoms with Crippen LogP contribution in [0.5, 0.6) is 11.5 Å². The molecule has 4 rings (SSSR count). The van der Waals surface area contributed by atoms with Crippen LogP contribution in [0.1, 0.15) is 24.0 Å². The Morgan fingerprint density at radius 3 is 2.43 bits per heavy atom. The number of hydrogen-bond acceptors (Lipinski definition) is 5. The smallest absolute Gasteiger partial charge is 0.310 e. The Kier molecular flexibility index (Phi) is 6.52. The summed E-state index contributed by atoms with van der Waals surface area (Å²) in [5, 5.41) is 0. The molecule has 0 saturated carbocycles. The number of carbonyl (C=O) groups is 2. The maximum absolute atomic E-state index is 12.4. The normalized spacial score (nSPS) is 16.2. The lowest BCUT2D eigenvalue weighted by Gasteiger charge is -2.32. The van der Waals surface area contributed by atoms with E-state index in [2.05, 4.69) is 24.3 Å². The van der Waals surface area contributed by atoms with Crippen LogP contribution in [0.3, 0.4) is 0 Å². The molecule has 0 aliphatic carbocycles. The predicted molar refractivity (Wildman–Crippen MR) is 112 cm³/mol. The first-order chi connectivity index (χ1) is 14.7. The minimum atomic E-state index is -0.418. The quantitative estimate of drug-likeness (QED) is 0.687. The average molecular weight is 409 g/mol. The van der Waals surface area contributed by atoms with Crippen molar-refractivity contribution in [1.82, 2.24) is 4.90 Å². The molecule has 0 radical (unpaired) electrons. The summed E-state index contributed by atoms with van der Waals surface area (Å²) in [4.78, 5) is 26.4. The topological polar surface area (TPSA) is 65.1 Å². The molecule has 0 aromatic heterocycles. The summed E-state index contributed by atoms with van der Waals surface area (Å²) in [7, 11) is 0. The Labute approximate surface area is 176 Å². The predicted octanol–water partition coefficient (Wildman–Crippen LogP) is 3.02. The lowest BCUT2D eigenvalue weighted by molar-refractivity contribution is -0.152. The molecular weight excluding hydrogens is 382 g/mol. The Morgan fingerprint density at radius 2 is 1.67 bits per heavy atom. The molecule has 6 heteroatoms.